The van der Waals surface area contributed by atoms with Gasteiger partial charge in [0, 0.05) is 19.1 Å². The minimum atomic E-state index is -0.946. The Bertz CT molecular complexity index is 287. The molecule has 0 spiro atoms. The van der Waals surface area contributed by atoms with Crippen molar-refractivity contribution < 1.29 is 14.7 Å². The van der Waals surface area contributed by atoms with Gasteiger partial charge in [-0.3, -0.25) is 4.79 Å². The molecule has 0 atom stereocenters. The molecule has 0 aromatic carbocycles. The van der Waals surface area contributed by atoms with E-state index < -0.39 is 5.97 Å². The van der Waals surface area contributed by atoms with Crippen LogP contribution in [0, 0.1) is 5.92 Å². The Kier molecular flexibility index (Phi) is 4.78. The number of amides is 2. The molecule has 0 radical (unpaired) electrons. The maximum Gasteiger partial charge on any atom is 0.323 e. The van der Waals surface area contributed by atoms with Crippen molar-refractivity contribution in [2.24, 2.45) is 5.92 Å². The lowest BCUT2D eigenvalue weighted by atomic mass is 10.3. The first-order valence-corrected chi connectivity index (χ1v) is 6.23. The third kappa shape index (κ3) is 4.24. The van der Waals surface area contributed by atoms with E-state index in [0.29, 0.717) is 19.0 Å². The van der Waals surface area contributed by atoms with Crippen LogP contribution in [0.2, 0.25) is 0 Å². The molecule has 1 fully saturated rings. The molecule has 2 amide bonds. The number of carbonyl (C=O) groups is 2. The maximum atomic E-state index is 12.2. The van der Waals surface area contributed by atoms with Gasteiger partial charge in [0.1, 0.15) is 6.54 Å². The SMILES string of the molecule is CCN(C(=O)N(CC(=O)O)CC1CC1)C(C)C. The number of hydrogen-bond donors (Lipinski definition) is 1. The van der Waals surface area contributed by atoms with Crippen molar-refractivity contribution in [2.45, 2.75) is 39.7 Å². The molecule has 0 heterocycles. The Labute approximate surface area is 102 Å². The average Bonchev–Trinajstić information content (AvgIpc) is 3.00. The summed E-state index contributed by atoms with van der Waals surface area (Å²) in [5.41, 5.74) is 0. The van der Waals surface area contributed by atoms with Crippen LogP contribution in [0.4, 0.5) is 4.79 Å². The van der Waals surface area contributed by atoms with Crippen LogP contribution in [0.1, 0.15) is 33.6 Å². The molecular weight excluding hydrogens is 220 g/mol. The lowest BCUT2D eigenvalue weighted by molar-refractivity contribution is -0.137. The average molecular weight is 242 g/mol. The zero-order valence-corrected chi connectivity index (χ0v) is 10.8. The van der Waals surface area contributed by atoms with Gasteiger partial charge in [-0.15, -0.1) is 0 Å². The van der Waals surface area contributed by atoms with Crippen molar-refractivity contribution in [3.8, 4) is 0 Å². The summed E-state index contributed by atoms with van der Waals surface area (Å²) in [5, 5.41) is 8.85. The largest absolute Gasteiger partial charge is 0.480 e. The van der Waals surface area contributed by atoms with Crippen molar-refractivity contribution in [3.63, 3.8) is 0 Å². The topological polar surface area (TPSA) is 60.9 Å². The van der Waals surface area contributed by atoms with E-state index in [4.69, 9.17) is 5.11 Å². The highest BCUT2D eigenvalue weighted by molar-refractivity contribution is 5.80. The van der Waals surface area contributed by atoms with E-state index in [1.807, 2.05) is 20.8 Å². The summed E-state index contributed by atoms with van der Waals surface area (Å²) >= 11 is 0. The highest BCUT2D eigenvalue weighted by Gasteiger charge is 2.30. The molecule has 17 heavy (non-hydrogen) atoms. The number of carbonyl (C=O) groups excluding carboxylic acids is 1. The third-order valence-corrected chi connectivity index (χ3v) is 2.98. The van der Waals surface area contributed by atoms with Crippen LogP contribution in [0.3, 0.4) is 0 Å². The van der Waals surface area contributed by atoms with Crippen LogP contribution in [0.15, 0.2) is 0 Å². The number of carboxylic acid groups (broad SMARTS) is 1. The van der Waals surface area contributed by atoms with Gasteiger partial charge in [0.25, 0.3) is 0 Å². The van der Waals surface area contributed by atoms with Crippen molar-refractivity contribution in [1.29, 1.82) is 0 Å². The third-order valence-electron chi connectivity index (χ3n) is 2.98. The number of aliphatic carboxylic acids is 1. The molecule has 0 unspecified atom stereocenters. The summed E-state index contributed by atoms with van der Waals surface area (Å²) in [6.45, 7) is 6.78. The predicted molar refractivity (Wildman–Crippen MR) is 64.8 cm³/mol. The highest BCUT2D eigenvalue weighted by Crippen LogP contribution is 2.30. The molecule has 0 aromatic rings. The molecule has 1 aliphatic carbocycles. The van der Waals surface area contributed by atoms with E-state index >= 15 is 0 Å². The number of rotatable bonds is 6. The first kappa shape index (κ1) is 13.8. The Balaban J connectivity index is 2.65. The van der Waals surface area contributed by atoms with E-state index in [-0.39, 0.29) is 18.6 Å². The number of carboxylic acids is 1. The molecule has 98 valence electrons. The van der Waals surface area contributed by atoms with Gasteiger partial charge in [-0.2, -0.15) is 0 Å². The van der Waals surface area contributed by atoms with E-state index in [1.165, 1.54) is 4.90 Å². The smallest absolute Gasteiger partial charge is 0.323 e. The predicted octanol–water partition coefficient (Wildman–Crippen LogP) is 1.63. The monoisotopic (exact) mass is 242 g/mol. The fraction of sp³-hybridized carbons (Fsp3) is 0.833. The van der Waals surface area contributed by atoms with Gasteiger partial charge < -0.3 is 14.9 Å². The van der Waals surface area contributed by atoms with Crippen LogP contribution in [-0.4, -0.2) is 52.6 Å². The minimum Gasteiger partial charge on any atom is -0.480 e. The van der Waals surface area contributed by atoms with E-state index in [0.717, 1.165) is 12.8 Å². The second kappa shape index (κ2) is 5.89. The molecule has 0 aliphatic heterocycles. The quantitative estimate of drug-likeness (QED) is 0.770. The molecule has 5 heteroatoms. The molecule has 0 aromatic heterocycles. The maximum absolute atomic E-state index is 12.2. The van der Waals surface area contributed by atoms with Gasteiger partial charge >= 0.3 is 12.0 Å². The van der Waals surface area contributed by atoms with Crippen LogP contribution in [0.25, 0.3) is 0 Å². The van der Waals surface area contributed by atoms with E-state index in [2.05, 4.69) is 0 Å². The van der Waals surface area contributed by atoms with Crippen LogP contribution >= 0.6 is 0 Å². The van der Waals surface area contributed by atoms with Crippen LogP contribution in [-0.2, 0) is 4.79 Å². The Morgan fingerprint density at radius 2 is 1.94 bits per heavy atom. The number of hydrogen-bond acceptors (Lipinski definition) is 2. The first-order chi connectivity index (χ1) is 7.95. The molecular formula is C12H22N2O3. The number of urea groups is 1. The first-order valence-electron chi connectivity index (χ1n) is 6.23. The summed E-state index contributed by atoms with van der Waals surface area (Å²) in [6.07, 6.45) is 2.22. The van der Waals surface area contributed by atoms with E-state index in [9.17, 15) is 9.59 Å². The molecule has 1 saturated carbocycles. The summed E-state index contributed by atoms with van der Waals surface area (Å²) < 4.78 is 0. The Morgan fingerprint density at radius 3 is 2.29 bits per heavy atom. The minimum absolute atomic E-state index is 0.1000. The standard InChI is InChI=1S/C12H22N2O3/c1-4-14(9(2)3)12(17)13(8-11(15)16)7-10-5-6-10/h9-10H,4-8H2,1-3H3,(H,15,16). The normalized spacial score (nSPS) is 14.8. The molecule has 1 rings (SSSR count). The summed E-state index contributed by atoms with van der Waals surface area (Å²) in [7, 11) is 0. The Morgan fingerprint density at radius 1 is 1.35 bits per heavy atom. The fourth-order valence-corrected chi connectivity index (χ4v) is 1.89. The summed E-state index contributed by atoms with van der Waals surface area (Å²) in [5.74, 6) is -0.442. The second-order valence-corrected chi connectivity index (χ2v) is 4.88. The van der Waals surface area contributed by atoms with Crippen LogP contribution in [0.5, 0.6) is 0 Å². The molecule has 0 bridgehead atoms. The second-order valence-electron chi connectivity index (χ2n) is 4.88. The zero-order chi connectivity index (χ0) is 13.0. The Hall–Kier alpha value is -1.26. The van der Waals surface area contributed by atoms with Crippen molar-refractivity contribution in [2.75, 3.05) is 19.6 Å². The highest BCUT2D eigenvalue weighted by atomic mass is 16.4. The molecule has 1 aliphatic rings. The van der Waals surface area contributed by atoms with E-state index in [1.54, 1.807) is 4.90 Å². The lowest BCUT2D eigenvalue weighted by Gasteiger charge is -2.31. The van der Waals surface area contributed by atoms with Gasteiger partial charge in [0.15, 0.2) is 0 Å². The molecule has 1 N–H and O–H groups in total. The van der Waals surface area contributed by atoms with Gasteiger partial charge in [0.2, 0.25) is 0 Å². The van der Waals surface area contributed by atoms with Gasteiger partial charge in [-0.05, 0) is 39.5 Å². The summed E-state index contributed by atoms with van der Waals surface area (Å²) in [4.78, 5) is 26.1. The summed E-state index contributed by atoms with van der Waals surface area (Å²) in [6, 6.07) is -0.0557. The van der Waals surface area contributed by atoms with Crippen molar-refractivity contribution in [3.05, 3.63) is 0 Å². The van der Waals surface area contributed by atoms with Crippen LogP contribution < -0.4 is 0 Å². The van der Waals surface area contributed by atoms with Gasteiger partial charge in [0.05, 0.1) is 0 Å². The fourth-order valence-electron chi connectivity index (χ4n) is 1.89. The number of nitrogens with zero attached hydrogens (tertiary/aromatic N) is 2. The lowest BCUT2D eigenvalue weighted by Crippen LogP contribution is -2.48. The van der Waals surface area contributed by atoms with Gasteiger partial charge in [-0.1, -0.05) is 0 Å². The molecule has 5 nitrogen and oxygen atoms in total. The van der Waals surface area contributed by atoms with Gasteiger partial charge in [-0.25, -0.2) is 4.79 Å². The zero-order valence-electron chi connectivity index (χ0n) is 10.8. The van der Waals surface area contributed by atoms with Crippen molar-refractivity contribution >= 4 is 12.0 Å². The molecule has 0 saturated heterocycles. The van der Waals surface area contributed by atoms with Crippen molar-refractivity contribution in [1.82, 2.24) is 9.80 Å².